The fourth-order valence-electron chi connectivity index (χ4n) is 4.60. The molecule has 0 aromatic heterocycles. The topological polar surface area (TPSA) is 107 Å². The van der Waals surface area contributed by atoms with Crippen LogP contribution in [0.25, 0.3) is 0 Å². The molecule has 172 valence electrons. The molecule has 2 aliphatic rings. The molecule has 1 N–H and O–H groups in total. The quantitative estimate of drug-likeness (QED) is 0.330. The number of carbonyl (C=O) groups excluding carboxylic acids is 2. The van der Waals surface area contributed by atoms with Crippen molar-refractivity contribution in [1.29, 1.82) is 0 Å². The molecule has 3 rings (SSSR count). The van der Waals surface area contributed by atoms with Gasteiger partial charge in [0.1, 0.15) is 27.5 Å². The van der Waals surface area contributed by atoms with Gasteiger partial charge in [0.05, 0.1) is 19.3 Å². The Bertz CT molecular complexity index is 1050. The number of alkyl halides is 3. The molecule has 6 radical (unpaired) electrons. The Kier molecular flexibility index (Phi) is 7.28. The van der Waals surface area contributed by atoms with Crippen LogP contribution in [0, 0.1) is 17.8 Å². The van der Waals surface area contributed by atoms with Crippen LogP contribution in [0.1, 0.15) is 35.2 Å². The Labute approximate surface area is 192 Å². The summed E-state index contributed by atoms with van der Waals surface area (Å²) in [6.07, 6.45) is -7.98. The largest absolute Gasteiger partial charge is 0.458 e. The van der Waals surface area contributed by atoms with Crippen molar-refractivity contribution in [2.45, 2.75) is 44.0 Å². The van der Waals surface area contributed by atoms with E-state index in [0.717, 1.165) is 0 Å². The first-order valence-electron chi connectivity index (χ1n) is 10.0. The molecule has 2 aliphatic carbocycles. The Morgan fingerprint density at radius 2 is 1.82 bits per heavy atom. The van der Waals surface area contributed by atoms with Crippen LogP contribution in [-0.2, 0) is 30.7 Å². The van der Waals surface area contributed by atoms with Gasteiger partial charge in [0.25, 0.3) is 10.1 Å². The first kappa shape index (κ1) is 25.7. The highest BCUT2D eigenvalue weighted by molar-refractivity contribution is 7.85. The van der Waals surface area contributed by atoms with E-state index in [4.69, 9.17) is 32.8 Å². The first-order chi connectivity index (χ1) is 15.2. The van der Waals surface area contributed by atoms with Crippen LogP contribution < -0.4 is 10.9 Å². The monoisotopic (exact) mass is 480 g/mol. The van der Waals surface area contributed by atoms with Gasteiger partial charge in [-0.3, -0.25) is 9.35 Å². The zero-order valence-corrected chi connectivity index (χ0v) is 18.1. The molecular weight excluding hydrogens is 462 g/mol. The number of hydrogen-bond acceptors (Lipinski definition) is 6. The zero-order chi connectivity index (χ0) is 24.7. The molecule has 1 aromatic rings. The molecule has 2 bridgehead atoms. The molecule has 5 unspecified atom stereocenters. The van der Waals surface area contributed by atoms with Crippen LogP contribution in [0.4, 0.5) is 13.2 Å². The minimum Gasteiger partial charge on any atom is -0.458 e. The number of ether oxygens (including phenoxy) is 2. The molecule has 14 heteroatoms. The van der Waals surface area contributed by atoms with Crippen molar-refractivity contribution >= 4 is 56.5 Å². The average molecular weight is 480 g/mol. The van der Waals surface area contributed by atoms with E-state index in [9.17, 15) is 31.2 Å². The Morgan fingerprint density at radius 1 is 1.15 bits per heavy atom. The lowest BCUT2D eigenvalue weighted by Crippen LogP contribution is -2.42. The summed E-state index contributed by atoms with van der Waals surface area (Å²) in [6, 6.07) is 2.85. The molecule has 0 aliphatic heterocycles. The van der Waals surface area contributed by atoms with E-state index in [1.807, 2.05) is 0 Å². The van der Waals surface area contributed by atoms with E-state index in [1.54, 1.807) is 0 Å². The fourth-order valence-corrected chi connectivity index (χ4v) is 5.24. The van der Waals surface area contributed by atoms with Gasteiger partial charge in [-0.2, -0.15) is 21.6 Å². The molecule has 2 fully saturated rings. The van der Waals surface area contributed by atoms with Crippen LogP contribution in [0.2, 0.25) is 0 Å². The SMILES string of the molecule is [B]Cc1c([B])cc([B])cc1C(=O)OC1CC2CC1CC2C(=O)OC(CS(=O)(=O)O)C(F)(F)F. The highest BCUT2D eigenvalue weighted by Gasteiger charge is 2.53. The molecule has 0 heterocycles. The van der Waals surface area contributed by atoms with Crippen molar-refractivity contribution in [2.75, 3.05) is 5.75 Å². The van der Waals surface area contributed by atoms with E-state index >= 15 is 0 Å². The molecule has 0 saturated heterocycles. The third kappa shape index (κ3) is 5.95. The van der Waals surface area contributed by atoms with Crippen LogP contribution in [0.3, 0.4) is 0 Å². The predicted molar refractivity (Wildman–Crippen MR) is 113 cm³/mol. The molecule has 2 saturated carbocycles. The van der Waals surface area contributed by atoms with Crippen LogP contribution in [0.5, 0.6) is 0 Å². The van der Waals surface area contributed by atoms with Crippen LogP contribution in [0.15, 0.2) is 12.1 Å². The number of hydrogen-bond donors (Lipinski definition) is 1. The lowest BCUT2D eigenvalue weighted by Gasteiger charge is -2.28. The van der Waals surface area contributed by atoms with Gasteiger partial charge in [-0.1, -0.05) is 29.4 Å². The maximum Gasteiger partial charge on any atom is 0.426 e. The van der Waals surface area contributed by atoms with E-state index in [1.165, 1.54) is 12.1 Å². The van der Waals surface area contributed by atoms with Crippen molar-refractivity contribution in [2.24, 2.45) is 17.8 Å². The Balaban J connectivity index is 1.64. The standard InChI is InChI=1S/C19H18B3F3O7S/c20-6-13-12(4-10(21)5-14(13)22)18(27)31-15-3-8-1-9(15)2-11(8)17(26)32-16(19(23,24)25)7-33(28,29)30/h4-5,8-9,11,15-16H,1-3,6-7H2,(H,28,29,30). The second-order valence-electron chi connectivity index (χ2n) is 8.33. The Morgan fingerprint density at radius 3 is 2.33 bits per heavy atom. The molecular formula is C19H18B3F3O7S. The van der Waals surface area contributed by atoms with Gasteiger partial charge in [0.2, 0.25) is 6.10 Å². The molecule has 33 heavy (non-hydrogen) atoms. The summed E-state index contributed by atoms with van der Waals surface area (Å²) in [5.74, 6) is -5.28. The van der Waals surface area contributed by atoms with Gasteiger partial charge < -0.3 is 9.47 Å². The molecule has 0 spiro atoms. The van der Waals surface area contributed by atoms with Gasteiger partial charge >= 0.3 is 18.1 Å². The van der Waals surface area contributed by atoms with E-state index in [0.29, 0.717) is 12.0 Å². The van der Waals surface area contributed by atoms with E-state index in [2.05, 4.69) is 4.74 Å². The van der Waals surface area contributed by atoms with Gasteiger partial charge in [0, 0.05) is 0 Å². The molecule has 7 nitrogen and oxygen atoms in total. The van der Waals surface area contributed by atoms with Gasteiger partial charge in [-0.25, -0.2) is 4.79 Å². The molecule has 0 amide bonds. The Hall–Kier alpha value is -1.95. The van der Waals surface area contributed by atoms with Crippen molar-refractivity contribution < 1.29 is 45.2 Å². The summed E-state index contributed by atoms with van der Waals surface area (Å²) >= 11 is 0. The summed E-state index contributed by atoms with van der Waals surface area (Å²) in [5.41, 5.74) is 0.976. The van der Waals surface area contributed by atoms with Crippen molar-refractivity contribution in [1.82, 2.24) is 0 Å². The smallest absolute Gasteiger partial charge is 0.426 e. The highest BCUT2D eigenvalue weighted by Crippen LogP contribution is 2.50. The number of rotatable bonds is 7. The summed E-state index contributed by atoms with van der Waals surface area (Å²) in [4.78, 5) is 25.0. The van der Waals surface area contributed by atoms with Crippen molar-refractivity contribution in [3.63, 3.8) is 0 Å². The molecule has 1 aromatic carbocycles. The van der Waals surface area contributed by atoms with Gasteiger partial charge in [-0.05, 0) is 36.7 Å². The summed E-state index contributed by atoms with van der Waals surface area (Å²) in [5, 5.41) is 0. The van der Waals surface area contributed by atoms with E-state index in [-0.39, 0.29) is 41.6 Å². The number of carbonyl (C=O) groups is 2. The maximum absolute atomic E-state index is 13.0. The fraction of sp³-hybridized carbons (Fsp3) is 0.579. The summed E-state index contributed by atoms with van der Waals surface area (Å²) in [6.45, 7) is 0. The number of halogens is 3. The zero-order valence-electron chi connectivity index (χ0n) is 17.2. The summed E-state index contributed by atoms with van der Waals surface area (Å²) in [7, 11) is 12.2. The highest BCUT2D eigenvalue weighted by atomic mass is 32.2. The second kappa shape index (κ2) is 9.36. The normalized spacial score (nSPS) is 25.6. The lowest BCUT2D eigenvalue weighted by molar-refractivity contribution is -0.218. The average Bonchev–Trinajstić information content (AvgIpc) is 3.25. The maximum atomic E-state index is 13.0. The van der Waals surface area contributed by atoms with Crippen LogP contribution >= 0.6 is 0 Å². The lowest BCUT2D eigenvalue weighted by atomic mass is 9.77. The van der Waals surface area contributed by atoms with E-state index < -0.39 is 58.0 Å². The van der Waals surface area contributed by atoms with Crippen molar-refractivity contribution in [3.8, 4) is 0 Å². The number of esters is 2. The third-order valence-corrected chi connectivity index (χ3v) is 6.79. The van der Waals surface area contributed by atoms with Gasteiger partial charge in [0.15, 0.2) is 0 Å². The van der Waals surface area contributed by atoms with Gasteiger partial charge in [-0.15, -0.1) is 0 Å². The number of benzene rings is 1. The predicted octanol–water partition coefficient (Wildman–Crippen LogP) is -0.124. The first-order valence-corrected chi connectivity index (χ1v) is 11.6. The summed E-state index contributed by atoms with van der Waals surface area (Å²) < 4.78 is 79.5. The molecule has 5 atom stereocenters. The third-order valence-electron chi connectivity index (χ3n) is 6.07. The van der Waals surface area contributed by atoms with Crippen molar-refractivity contribution in [3.05, 3.63) is 23.3 Å². The minimum absolute atomic E-state index is 0.0227. The van der Waals surface area contributed by atoms with Crippen LogP contribution in [-0.4, -0.2) is 72.6 Å². The second-order valence-corrected chi connectivity index (χ2v) is 9.83. The number of fused-ring (bicyclic) bond motifs is 2. The minimum atomic E-state index is -5.17.